The zero-order chi connectivity index (χ0) is 19.5. The fourth-order valence-electron chi connectivity index (χ4n) is 1.89. The van der Waals surface area contributed by atoms with Gasteiger partial charge in [-0.1, -0.05) is 11.8 Å². The molecule has 0 bridgehead atoms. The van der Waals surface area contributed by atoms with Gasteiger partial charge in [0, 0.05) is 0 Å². The van der Waals surface area contributed by atoms with Crippen molar-refractivity contribution in [2.45, 2.75) is 0 Å². The molecule has 0 aliphatic heterocycles. The summed E-state index contributed by atoms with van der Waals surface area (Å²) in [4.78, 5) is 0. The second-order valence-electron chi connectivity index (χ2n) is 5.27. The van der Waals surface area contributed by atoms with Crippen LogP contribution in [0.2, 0.25) is 0 Å². The van der Waals surface area contributed by atoms with Crippen molar-refractivity contribution in [1.82, 2.24) is 0 Å². The minimum atomic E-state index is 0. The summed E-state index contributed by atoms with van der Waals surface area (Å²) in [7, 11) is 0. The van der Waals surface area contributed by atoms with Gasteiger partial charge in [0.2, 0.25) is 0 Å². The molecule has 0 aliphatic carbocycles. The standard InChI is InChI=1S/C18H8.2C5H5.2Fe/c1(3-5-11-17-13-7-8-14-17)2-4-6-12-18-15-9-10-16-18;2*1-2-4-5-3-1;;/h7-10,13-16H;2*1-5H;;/q-2;2*-1;2*+2. The molecule has 0 amide bonds. The summed E-state index contributed by atoms with van der Waals surface area (Å²) in [5.74, 6) is 21.9. The molecule has 4 rings (SSSR count). The van der Waals surface area contributed by atoms with E-state index in [0.717, 1.165) is 11.1 Å². The number of rotatable bonds is 0. The van der Waals surface area contributed by atoms with Crippen LogP contribution in [0.1, 0.15) is 11.1 Å². The summed E-state index contributed by atoms with van der Waals surface area (Å²) in [6.45, 7) is 0. The van der Waals surface area contributed by atoms with Gasteiger partial charge in [0.05, 0.1) is 0 Å². The quantitative estimate of drug-likeness (QED) is 0.187. The van der Waals surface area contributed by atoms with Crippen molar-refractivity contribution in [2.75, 3.05) is 0 Å². The molecule has 0 atom stereocenters. The number of hydrogen-bond donors (Lipinski definition) is 0. The Morgan fingerprint density at radius 1 is 0.433 bits per heavy atom. The van der Waals surface area contributed by atoms with Gasteiger partial charge in [-0.05, 0) is 23.7 Å². The van der Waals surface area contributed by atoms with Crippen molar-refractivity contribution in [2.24, 2.45) is 0 Å². The van der Waals surface area contributed by atoms with Crippen LogP contribution in [0, 0.1) is 47.4 Å². The first kappa shape index (κ1) is 26.7. The van der Waals surface area contributed by atoms with Crippen LogP contribution in [0.5, 0.6) is 0 Å². The molecule has 0 nitrogen and oxygen atoms in total. The van der Waals surface area contributed by atoms with Crippen molar-refractivity contribution in [3.05, 3.63) is 120 Å². The van der Waals surface area contributed by atoms with Gasteiger partial charge in [0.1, 0.15) is 0 Å². The maximum atomic E-state index is 2.91. The molecule has 0 aromatic heterocycles. The zero-order valence-electron chi connectivity index (χ0n) is 16.1. The second kappa shape index (κ2) is 19.0. The van der Waals surface area contributed by atoms with E-state index in [-0.39, 0.29) is 34.1 Å². The van der Waals surface area contributed by atoms with Gasteiger partial charge in [-0.25, -0.2) is 24.3 Å². The van der Waals surface area contributed by atoms with Crippen LogP contribution >= 0.6 is 0 Å². The average molecular weight is 466 g/mol. The average Bonchev–Trinajstić information content (AvgIpc) is 3.56. The monoisotopic (exact) mass is 466 g/mol. The molecule has 4 aromatic carbocycles. The molecule has 0 spiro atoms. The first-order chi connectivity index (χ1) is 13.9. The third-order valence-electron chi connectivity index (χ3n) is 3.16. The normalized spacial score (nSPS) is 7.07. The van der Waals surface area contributed by atoms with E-state index in [1.165, 1.54) is 0 Å². The van der Waals surface area contributed by atoms with Crippen molar-refractivity contribution in [3.8, 4) is 47.4 Å². The molecule has 0 N–H and O–H groups in total. The summed E-state index contributed by atoms with van der Waals surface area (Å²) in [6.07, 6.45) is 0. The maximum absolute atomic E-state index is 2.91. The molecule has 2 heteroatoms. The fourth-order valence-corrected chi connectivity index (χ4v) is 1.89. The van der Waals surface area contributed by atoms with Crippen LogP contribution < -0.4 is 0 Å². The predicted octanol–water partition coefficient (Wildman–Crippen LogP) is 5.34. The van der Waals surface area contributed by atoms with Crippen LogP contribution in [0.3, 0.4) is 0 Å². The zero-order valence-corrected chi connectivity index (χ0v) is 18.3. The van der Waals surface area contributed by atoms with Crippen LogP contribution in [-0.2, 0) is 34.1 Å². The van der Waals surface area contributed by atoms with E-state index in [0.29, 0.717) is 0 Å². The van der Waals surface area contributed by atoms with E-state index in [4.69, 9.17) is 0 Å². The van der Waals surface area contributed by atoms with Gasteiger partial charge in [-0.3, -0.25) is 0 Å². The molecular weight excluding hydrogens is 448 g/mol. The van der Waals surface area contributed by atoms with Gasteiger partial charge in [0.15, 0.2) is 0 Å². The molecule has 0 heterocycles. The van der Waals surface area contributed by atoms with Crippen molar-refractivity contribution < 1.29 is 34.1 Å². The Morgan fingerprint density at radius 3 is 1.07 bits per heavy atom. The largest absolute Gasteiger partial charge is 2.00 e. The van der Waals surface area contributed by atoms with Crippen molar-refractivity contribution in [1.29, 1.82) is 0 Å². The van der Waals surface area contributed by atoms with E-state index in [9.17, 15) is 0 Å². The minimum absolute atomic E-state index is 0. The summed E-state index contributed by atoms with van der Waals surface area (Å²) in [6, 6.07) is 35.5. The molecule has 0 unspecified atom stereocenters. The van der Waals surface area contributed by atoms with Gasteiger partial charge in [0.25, 0.3) is 0 Å². The topological polar surface area (TPSA) is 0 Å². The van der Waals surface area contributed by atoms with E-state index in [2.05, 4.69) is 47.4 Å². The third-order valence-corrected chi connectivity index (χ3v) is 3.16. The van der Waals surface area contributed by atoms with Gasteiger partial charge in [-0.2, -0.15) is 84.6 Å². The molecule has 0 fully saturated rings. The Balaban J connectivity index is 0.000000575. The molecule has 0 saturated carbocycles. The summed E-state index contributed by atoms with van der Waals surface area (Å²) >= 11 is 0. The van der Waals surface area contributed by atoms with Gasteiger partial charge >= 0.3 is 34.1 Å². The second-order valence-corrected chi connectivity index (χ2v) is 5.27. The van der Waals surface area contributed by atoms with Gasteiger partial charge < -0.3 is 0 Å². The summed E-state index contributed by atoms with van der Waals surface area (Å²) in [5, 5.41) is 0. The van der Waals surface area contributed by atoms with Crippen LogP contribution in [-0.4, -0.2) is 0 Å². The Morgan fingerprint density at radius 2 is 0.800 bits per heavy atom. The fraction of sp³-hybridized carbons (Fsp3) is 0. The first-order valence-electron chi connectivity index (χ1n) is 8.74. The van der Waals surface area contributed by atoms with Crippen LogP contribution in [0.4, 0.5) is 0 Å². The third kappa shape index (κ3) is 13.8. The molecule has 0 radical (unpaired) electrons. The first-order valence-corrected chi connectivity index (χ1v) is 8.74. The molecule has 146 valence electrons. The molecule has 0 aliphatic rings. The molecule has 30 heavy (non-hydrogen) atoms. The predicted molar refractivity (Wildman–Crippen MR) is 117 cm³/mol. The Labute approximate surface area is 201 Å². The smallest absolute Gasteiger partial charge is 0.214 e. The summed E-state index contributed by atoms with van der Waals surface area (Å²) in [5.41, 5.74) is 1.93. The van der Waals surface area contributed by atoms with E-state index in [1.807, 2.05) is 109 Å². The number of hydrogen-bond acceptors (Lipinski definition) is 0. The Hall–Kier alpha value is -3.32. The SMILES string of the molecule is C(C#CC#Cc1ccc[cH-]1)#CC#Cc1ccc[cH-]1.[Fe+2].[Fe+2].c1cc[cH-]c1.c1cc[cH-]c1. The minimum Gasteiger partial charge on any atom is -0.214 e. The van der Waals surface area contributed by atoms with Crippen LogP contribution in [0.15, 0.2) is 109 Å². The molecular formula is C28H18Fe2. The van der Waals surface area contributed by atoms with Crippen molar-refractivity contribution in [3.63, 3.8) is 0 Å². The molecule has 0 saturated heterocycles. The van der Waals surface area contributed by atoms with E-state index >= 15 is 0 Å². The van der Waals surface area contributed by atoms with Crippen LogP contribution in [0.25, 0.3) is 0 Å². The van der Waals surface area contributed by atoms with Gasteiger partial charge in [-0.15, -0.1) is 23.3 Å². The molecule has 4 aromatic rings. The maximum Gasteiger partial charge on any atom is 2.00 e. The van der Waals surface area contributed by atoms with Crippen molar-refractivity contribution >= 4 is 0 Å². The summed E-state index contributed by atoms with van der Waals surface area (Å²) < 4.78 is 0. The van der Waals surface area contributed by atoms with E-state index < -0.39 is 0 Å². The Kier molecular flexibility index (Phi) is 16.9. The Bertz CT molecular complexity index is 966. The van der Waals surface area contributed by atoms with E-state index in [1.54, 1.807) is 0 Å².